The number of amides is 1. The lowest BCUT2D eigenvalue weighted by Crippen LogP contribution is -2.68. The predicted molar refractivity (Wildman–Crippen MR) is 87.0 cm³/mol. The molecule has 1 amide bonds. The molecule has 1 saturated heterocycles. The zero-order chi connectivity index (χ0) is 16.5. The molecule has 0 aliphatic carbocycles. The predicted octanol–water partition coefficient (Wildman–Crippen LogP) is -0.127. The van der Waals surface area contributed by atoms with E-state index < -0.39 is 11.3 Å². The van der Waals surface area contributed by atoms with E-state index in [9.17, 15) is 9.59 Å². The van der Waals surface area contributed by atoms with Gasteiger partial charge in [-0.2, -0.15) is 0 Å². The van der Waals surface area contributed by atoms with E-state index in [1.165, 1.54) is 16.7 Å². The van der Waals surface area contributed by atoms with Crippen LogP contribution in [0.2, 0.25) is 0 Å². The number of nitrogens with two attached hydrogens (primary N) is 1. The Morgan fingerprint density at radius 2 is 2.27 bits per heavy atom. The summed E-state index contributed by atoms with van der Waals surface area (Å²) in [6.45, 7) is 1.46. The van der Waals surface area contributed by atoms with Gasteiger partial charge in [0, 0.05) is 5.75 Å². The zero-order valence-corrected chi connectivity index (χ0v) is 14.2. The molecule has 0 bridgehead atoms. The minimum absolute atomic E-state index is 0.118. The van der Waals surface area contributed by atoms with E-state index in [1.54, 1.807) is 0 Å². The fraction of sp³-hybridized carbons (Fsp3) is 0.571. The number of likely N-dealkylation sites (N-methyl/N-ethyl adjacent to an activating group) is 1. The summed E-state index contributed by atoms with van der Waals surface area (Å²) in [7, 11) is 4.01. The molecule has 0 unspecified atom stereocenters. The normalized spacial score (nSPS) is 25.5. The van der Waals surface area contributed by atoms with Crippen molar-refractivity contribution in [1.82, 2.24) is 4.90 Å². The highest BCUT2D eigenvalue weighted by atomic mass is 35.5. The van der Waals surface area contributed by atoms with E-state index in [2.05, 4.69) is 0 Å². The standard InChI is InChI=1S/C14H21ClN3O3S/c1-18(2,6-7-19)5-3-4-9-8-22-14-10(16)13(21)17(14)11(9)12(15)20/h3-4,10,14,19H,5-8,16H2,1-2H3/q+1/t10-,14-/m1/s1. The summed E-state index contributed by atoms with van der Waals surface area (Å²) in [4.78, 5) is 25.0. The molecule has 2 atom stereocenters. The highest BCUT2D eigenvalue weighted by Gasteiger charge is 2.51. The lowest BCUT2D eigenvalue weighted by atomic mass is 10.0. The van der Waals surface area contributed by atoms with Crippen LogP contribution in [0.15, 0.2) is 23.4 Å². The molecule has 0 aromatic carbocycles. The van der Waals surface area contributed by atoms with Crippen LogP contribution in [0.3, 0.4) is 0 Å². The molecule has 3 N–H and O–H groups in total. The minimum Gasteiger partial charge on any atom is -0.391 e. The van der Waals surface area contributed by atoms with Crippen molar-refractivity contribution < 1.29 is 19.2 Å². The van der Waals surface area contributed by atoms with Gasteiger partial charge in [0.15, 0.2) is 0 Å². The number of aliphatic hydroxyl groups excluding tert-OH is 1. The molecule has 2 rings (SSSR count). The highest BCUT2D eigenvalue weighted by molar-refractivity contribution is 8.00. The fourth-order valence-corrected chi connectivity index (χ4v) is 3.97. The number of β-lactam (4-membered cyclic amide) rings is 1. The van der Waals surface area contributed by atoms with Crippen LogP contribution in [-0.2, 0) is 9.59 Å². The second-order valence-electron chi connectivity index (χ2n) is 6.05. The summed E-state index contributed by atoms with van der Waals surface area (Å²) in [5, 5.41) is 8.20. The summed E-state index contributed by atoms with van der Waals surface area (Å²) in [6.07, 6.45) is 3.78. The second-order valence-corrected chi connectivity index (χ2v) is 7.50. The number of rotatable bonds is 6. The van der Waals surface area contributed by atoms with Crippen LogP contribution in [0, 0.1) is 0 Å². The van der Waals surface area contributed by atoms with Crippen LogP contribution in [0.1, 0.15) is 0 Å². The monoisotopic (exact) mass is 346 g/mol. The number of fused-ring (bicyclic) bond motifs is 1. The molecule has 0 saturated carbocycles. The maximum atomic E-state index is 11.9. The Morgan fingerprint density at radius 1 is 1.59 bits per heavy atom. The quantitative estimate of drug-likeness (QED) is 0.398. The van der Waals surface area contributed by atoms with Gasteiger partial charge in [0.2, 0.25) is 5.91 Å². The number of thioether (sulfide) groups is 1. The zero-order valence-electron chi connectivity index (χ0n) is 12.7. The fourth-order valence-electron chi connectivity index (χ4n) is 2.49. The maximum absolute atomic E-state index is 11.9. The number of allylic oxidation sites excluding steroid dienone is 2. The summed E-state index contributed by atoms with van der Waals surface area (Å²) in [5.41, 5.74) is 6.73. The summed E-state index contributed by atoms with van der Waals surface area (Å²) in [5.74, 6) is 0.336. The van der Waals surface area contributed by atoms with Gasteiger partial charge < -0.3 is 15.3 Å². The Bertz CT molecular complexity index is 547. The molecule has 0 aromatic heterocycles. The Kier molecular flexibility index (Phi) is 5.34. The minimum atomic E-state index is -0.630. The first-order valence-electron chi connectivity index (χ1n) is 7.01. The van der Waals surface area contributed by atoms with Crippen LogP contribution in [0.25, 0.3) is 0 Å². The van der Waals surface area contributed by atoms with E-state index in [0.29, 0.717) is 23.3 Å². The van der Waals surface area contributed by atoms with Crippen molar-refractivity contribution in [3.8, 4) is 0 Å². The average molecular weight is 347 g/mol. The number of aliphatic hydroxyl groups is 1. The van der Waals surface area contributed by atoms with Crippen LogP contribution in [0.5, 0.6) is 0 Å². The van der Waals surface area contributed by atoms with Gasteiger partial charge in [-0.25, -0.2) is 0 Å². The number of hydrogen-bond acceptors (Lipinski definition) is 5. The SMILES string of the molecule is C[N+](C)(CC=CC1=C(C(=O)Cl)N2C(=O)[C@@H](N)[C@H]2SC1)CCO. The van der Waals surface area contributed by atoms with Crippen molar-refractivity contribution in [3.05, 3.63) is 23.4 Å². The smallest absolute Gasteiger partial charge is 0.269 e. The Morgan fingerprint density at radius 3 is 2.86 bits per heavy atom. The van der Waals surface area contributed by atoms with Gasteiger partial charge in [0.25, 0.3) is 5.24 Å². The number of quaternary nitrogens is 1. The van der Waals surface area contributed by atoms with Crippen LogP contribution in [0.4, 0.5) is 0 Å². The van der Waals surface area contributed by atoms with Gasteiger partial charge in [-0.3, -0.25) is 14.5 Å². The van der Waals surface area contributed by atoms with Gasteiger partial charge >= 0.3 is 0 Å². The Hall–Kier alpha value is -0.860. The van der Waals surface area contributed by atoms with Crippen LogP contribution in [-0.4, -0.2) is 76.6 Å². The van der Waals surface area contributed by atoms with E-state index in [0.717, 1.165) is 5.57 Å². The van der Waals surface area contributed by atoms with Crippen molar-refractivity contribution in [2.75, 3.05) is 39.5 Å². The molecule has 1 fully saturated rings. The summed E-state index contributed by atoms with van der Waals surface area (Å²) < 4.78 is 0.633. The molecule has 0 aromatic rings. The number of halogens is 1. The first-order valence-corrected chi connectivity index (χ1v) is 8.44. The third-order valence-electron chi connectivity index (χ3n) is 3.85. The number of nitrogens with zero attached hydrogens (tertiary/aromatic N) is 2. The van der Waals surface area contributed by atoms with E-state index in [-0.39, 0.29) is 23.6 Å². The molecule has 8 heteroatoms. The average Bonchev–Trinajstić information content (AvgIpc) is 2.45. The Balaban J connectivity index is 2.17. The van der Waals surface area contributed by atoms with Gasteiger partial charge in [-0.15, -0.1) is 11.8 Å². The van der Waals surface area contributed by atoms with Crippen LogP contribution >= 0.6 is 23.4 Å². The summed E-state index contributed by atoms with van der Waals surface area (Å²) >= 11 is 7.20. The third-order valence-corrected chi connectivity index (χ3v) is 5.35. The van der Waals surface area contributed by atoms with Crippen molar-refractivity contribution in [1.29, 1.82) is 0 Å². The number of hydrogen-bond donors (Lipinski definition) is 2. The van der Waals surface area contributed by atoms with Crippen LogP contribution < -0.4 is 5.73 Å². The number of carbonyl (C=O) groups excluding carboxylic acids is 2. The lowest BCUT2D eigenvalue weighted by molar-refractivity contribution is -0.884. The molecular formula is C14H21ClN3O3S+. The van der Waals surface area contributed by atoms with Gasteiger partial charge in [0.1, 0.15) is 23.7 Å². The molecule has 2 heterocycles. The molecule has 2 aliphatic heterocycles. The molecular weight excluding hydrogens is 326 g/mol. The maximum Gasteiger partial charge on any atom is 0.269 e. The molecule has 0 radical (unpaired) electrons. The first-order chi connectivity index (χ1) is 10.3. The number of carbonyl (C=O) groups is 2. The first kappa shape index (κ1) is 17.5. The van der Waals surface area contributed by atoms with Gasteiger partial charge in [0.05, 0.1) is 27.2 Å². The summed E-state index contributed by atoms with van der Waals surface area (Å²) in [6, 6.07) is -0.554. The van der Waals surface area contributed by atoms with Crippen molar-refractivity contribution in [2.45, 2.75) is 11.4 Å². The second kappa shape index (κ2) is 6.72. The molecule has 2 aliphatic rings. The lowest BCUT2D eigenvalue weighted by Gasteiger charge is -2.48. The molecule has 22 heavy (non-hydrogen) atoms. The molecule has 6 nitrogen and oxygen atoms in total. The van der Waals surface area contributed by atoms with Gasteiger partial charge in [-0.1, -0.05) is 6.08 Å². The Labute approximate surface area is 139 Å². The highest BCUT2D eigenvalue weighted by Crippen LogP contribution is 2.40. The van der Waals surface area contributed by atoms with E-state index in [1.807, 2.05) is 26.2 Å². The molecule has 122 valence electrons. The van der Waals surface area contributed by atoms with Crippen molar-refractivity contribution in [3.63, 3.8) is 0 Å². The van der Waals surface area contributed by atoms with Crippen molar-refractivity contribution in [2.24, 2.45) is 5.73 Å². The molecule has 0 spiro atoms. The topological polar surface area (TPSA) is 83.6 Å². The van der Waals surface area contributed by atoms with E-state index >= 15 is 0 Å². The third kappa shape index (κ3) is 3.38. The largest absolute Gasteiger partial charge is 0.391 e. The van der Waals surface area contributed by atoms with Gasteiger partial charge in [-0.05, 0) is 23.3 Å². The van der Waals surface area contributed by atoms with E-state index in [4.69, 9.17) is 22.4 Å². The van der Waals surface area contributed by atoms with Crippen molar-refractivity contribution >= 4 is 34.5 Å².